The number of carbonyl (C=O) groups excluding carboxylic acids is 3. The van der Waals surface area contributed by atoms with Gasteiger partial charge in [0.25, 0.3) is 5.91 Å². The van der Waals surface area contributed by atoms with Crippen molar-refractivity contribution in [2.45, 2.75) is 50.6 Å². The topological polar surface area (TPSA) is 91.0 Å². The predicted octanol–water partition coefficient (Wildman–Crippen LogP) is 1.80. The van der Waals surface area contributed by atoms with E-state index in [-0.39, 0.29) is 18.2 Å². The molecule has 4 amide bonds. The summed E-state index contributed by atoms with van der Waals surface area (Å²) in [6.07, 6.45) is 4.33. The standard InChI is InChI=1S/C20H28N4O4/c1-23(14-15-7-6-8-16(13-15)28-2)12-9-17(25)22-24-18(26)20(21-19(24)27)10-4-3-5-11-20/h6-8,13H,3-5,9-12,14H2,1-2H3,(H,21,27)(H,22,25). The molecule has 152 valence electrons. The van der Waals surface area contributed by atoms with Gasteiger partial charge < -0.3 is 15.0 Å². The molecule has 0 atom stereocenters. The largest absolute Gasteiger partial charge is 0.497 e. The van der Waals surface area contributed by atoms with Gasteiger partial charge in [-0.1, -0.05) is 31.4 Å². The highest BCUT2D eigenvalue weighted by Gasteiger charge is 2.52. The van der Waals surface area contributed by atoms with Crippen molar-refractivity contribution in [1.82, 2.24) is 20.7 Å². The number of amides is 4. The number of hydrogen-bond donors (Lipinski definition) is 2. The Labute approximate surface area is 165 Å². The summed E-state index contributed by atoms with van der Waals surface area (Å²) in [5.41, 5.74) is 2.73. The van der Waals surface area contributed by atoms with E-state index in [2.05, 4.69) is 10.7 Å². The Kier molecular flexibility index (Phi) is 6.18. The van der Waals surface area contributed by atoms with Crippen LogP contribution in [-0.2, 0) is 16.1 Å². The van der Waals surface area contributed by atoms with Crippen molar-refractivity contribution < 1.29 is 19.1 Å². The van der Waals surface area contributed by atoms with Gasteiger partial charge in [0.1, 0.15) is 11.3 Å². The number of hydrazine groups is 1. The van der Waals surface area contributed by atoms with Crippen LogP contribution in [0.4, 0.5) is 4.79 Å². The lowest BCUT2D eigenvalue weighted by Gasteiger charge is -2.30. The highest BCUT2D eigenvalue weighted by molar-refractivity contribution is 6.08. The van der Waals surface area contributed by atoms with Crippen molar-refractivity contribution in [1.29, 1.82) is 0 Å². The van der Waals surface area contributed by atoms with Crippen LogP contribution in [0.5, 0.6) is 5.75 Å². The summed E-state index contributed by atoms with van der Waals surface area (Å²) in [4.78, 5) is 39.2. The molecule has 1 saturated heterocycles. The fourth-order valence-electron chi connectivity index (χ4n) is 3.85. The summed E-state index contributed by atoms with van der Waals surface area (Å²) >= 11 is 0. The van der Waals surface area contributed by atoms with Gasteiger partial charge >= 0.3 is 6.03 Å². The second kappa shape index (κ2) is 8.60. The molecule has 3 rings (SSSR count). The third kappa shape index (κ3) is 4.44. The van der Waals surface area contributed by atoms with E-state index in [1.54, 1.807) is 7.11 Å². The van der Waals surface area contributed by atoms with Crippen molar-refractivity contribution in [2.75, 3.05) is 20.7 Å². The smallest absolute Gasteiger partial charge is 0.344 e. The molecule has 1 aromatic rings. The van der Waals surface area contributed by atoms with Crippen molar-refractivity contribution in [3.05, 3.63) is 29.8 Å². The van der Waals surface area contributed by atoms with E-state index in [0.717, 1.165) is 35.6 Å². The molecule has 2 fully saturated rings. The minimum Gasteiger partial charge on any atom is -0.497 e. The zero-order valence-electron chi connectivity index (χ0n) is 16.5. The van der Waals surface area contributed by atoms with E-state index < -0.39 is 11.6 Å². The van der Waals surface area contributed by atoms with E-state index >= 15 is 0 Å². The number of methoxy groups -OCH3 is 1. The lowest BCUT2D eigenvalue weighted by molar-refractivity contribution is -0.140. The highest BCUT2D eigenvalue weighted by atomic mass is 16.5. The maximum atomic E-state index is 12.7. The van der Waals surface area contributed by atoms with Crippen LogP contribution in [0.15, 0.2) is 24.3 Å². The van der Waals surface area contributed by atoms with E-state index in [1.165, 1.54) is 0 Å². The molecule has 8 nitrogen and oxygen atoms in total. The third-order valence-electron chi connectivity index (χ3n) is 5.41. The zero-order chi connectivity index (χ0) is 20.1. The Hall–Kier alpha value is -2.61. The Balaban J connectivity index is 1.48. The first-order valence-electron chi connectivity index (χ1n) is 9.71. The number of ether oxygens (including phenoxy) is 1. The van der Waals surface area contributed by atoms with Crippen molar-refractivity contribution in [3.63, 3.8) is 0 Å². The zero-order valence-corrected chi connectivity index (χ0v) is 16.5. The Morgan fingerprint density at radius 3 is 2.75 bits per heavy atom. The molecule has 1 heterocycles. The van der Waals surface area contributed by atoms with Gasteiger partial charge in [-0.15, -0.1) is 0 Å². The Morgan fingerprint density at radius 2 is 2.04 bits per heavy atom. The van der Waals surface area contributed by atoms with Gasteiger partial charge in [0.2, 0.25) is 5.91 Å². The van der Waals surface area contributed by atoms with Gasteiger partial charge in [0, 0.05) is 19.5 Å². The molecule has 0 radical (unpaired) electrons. The molecule has 1 saturated carbocycles. The molecular formula is C20H28N4O4. The first-order valence-corrected chi connectivity index (χ1v) is 9.71. The summed E-state index contributed by atoms with van der Waals surface area (Å²) in [6, 6.07) is 7.22. The summed E-state index contributed by atoms with van der Waals surface area (Å²) < 4.78 is 5.22. The normalized spacial score (nSPS) is 18.5. The van der Waals surface area contributed by atoms with Gasteiger partial charge in [-0.25, -0.2) is 4.79 Å². The molecule has 0 aromatic heterocycles. The van der Waals surface area contributed by atoms with E-state index in [4.69, 9.17) is 4.74 Å². The van der Waals surface area contributed by atoms with E-state index in [9.17, 15) is 14.4 Å². The fourth-order valence-corrected chi connectivity index (χ4v) is 3.85. The van der Waals surface area contributed by atoms with E-state index in [1.807, 2.05) is 36.2 Å². The lowest BCUT2D eigenvalue weighted by Crippen LogP contribution is -2.51. The van der Waals surface area contributed by atoms with Gasteiger partial charge in [0.05, 0.1) is 7.11 Å². The Morgan fingerprint density at radius 1 is 1.29 bits per heavy atom. The second-order valence-electron chi connectivity index (χ2n) is 7.59. The van der Waals surface area contributed by atoms with Crippen molar-refractivity contribution in [2.24, 2.45) is 0 Å². The average Bonchev–Trinajstić information content (AvgIpc) is 2.91. The van der Waals surface area contributed by atoms with Crippen LogP contribution >= 0.6 is 0 Å². The minimum atomic E-state index is -0.828. The summed E-state index contributed by atoms with van der Waals surface area (Å²) in [5, 5.41) is 3.64. The molecule has 2 aliphatic rings. The molecule has 0 unspecified atom stereocenters. The molecule has 1 aliphatic carbocycles. The number of urea groups is 1. The van der Waals surface area contributed by atoms with Crippen LogP contribution in [0.25, 0.3) is 0 Å². The summed E-state index contributed by atoms with van der Waals surface area (Å²) in [7, 11) is 3.54. The molecule has 8 heteroatoms. The molecule has 2 N–H and O–H groups in total. The van der Waals surface area contributed by atoms with Crippen LogP contribution in [0.2, 0.25) is 0 Å². The highest BCUT2D eigenvalue weighted by Crippen LogP contribution is 2.32. The quantitative estimate of drug-likeness (QED) is 0.695. The number of benzene rings is 1. The molecule has 1 aliphatic heterocycles. The SMILES string of the molecule is COc1cccc(CN(C)CCC(=O)NN2C(=O)NC3(CCCCC3)C2=O)c1. The van der Waals surface area contributed by atoms with Crippen LogP contribution in [0, 0.1) is 0 Å². The van der Waals surface area contributed by atoms with Crippen LogP contribution in [0.1, 0.15) is 44.1 Å². The maximum Gasteiger partial charge on any atom is 0.344 e. The number of nitrogens with zero attached hydrogens (tertiary/aromatic N) is 2. The van der Waals surface area contributed by atoms with Crippen molar-refractivity contribution in [3.8, 4) is 5.75 Å². The monoisotopic (exact) mass is 388 g/mol. The summed E-state index contributed by atoms with van der Waals surface area (Å²) in [6.45, 7) is 1.16. The molecule has 1 spiro atoms. The minimum absolute atomic E-state index is 0.185. The first kappa shape index (κ1) is 20.1. The molecule has 1 aromatic carbocycles. The van der Waals surface area contributed by atoms with Crippen LogP contribution in [0.3, 0.4) is 0 Å². The Bertz CT molecular complexity index is 745. The summed E-state index contributed by atoms with van der Waals surface area (Å²) in [5.74, 6) is 0.1000. The number of hydrogen-bond acceptors (Lipinski definition) is 5. The number of imide groups is 1. The second-order valence-corrected chi connectivity index (χ2v) is 7.59. The fraction of sp³-hybridized carbons (Fsp3) is 0.550. The molecule has 0 bridgehead atoms. The maximum absolute atomic E-state index is 12.7. The molecule has 28 heavy (non-hydrogen) atoms. The third-order valence-corrected chi connectivity index (χ3v) is 5.41. The first-order chi connectivity index (χ1) is 13.4. The average molecular weight is 388 g/mol. The van der Waals surface area contributed by atoms with Crippen LogP contribution in [-0.4, -0.2) is 54.0 Å². The van der Waals surface area contributed by atoms with E-state index in [0.29, 0.717) is 25.9 Å². The van der Waals surface area contributed by atoms with Gasteiger partial charge in [-0.05, 0) is 37.6 Å². The number of rotatable bonds is 7. The predicted molar refractivity (Wildman–Crippen MR) is 103 cm³/mol. The van der Waals surface area contributed by atoms with Gasteiger partial charge in [-0.2, -0.15) is 5.01 Å². The number of carbonyl (C=O) groups is 3. The van der Waals surface area contributed by atoms with Gasteiger partial charge in [0.15, 0.2) is 0 Å². The van der Waals surface area contributed by atoms with Crippen molar-refractivity contribution >= 4 is 17.8 Å². The lowest BCUT2D eigenvalue weighted by atomic mass is 9.82. The van der Waals surface area contributed by atoms with Gasteiger partial charge in [-0.3, -0.25) is 15.0 Å². The van der Waals surface area contributed by atoms with Crippen LogP contribution < -0.4 is 15.5 Å². The number of nitrogens with one attached hydrogen (secondary N) is 2. The molecular weight excluding hydrogens is 360 g/mol.